The van der Waals surface area contributed by atoms with Gasteiger partial charge in [-0.2, -0.15) is 0 Å². The monoisotopic (exact) mass is 277 g/mol. The Labute approximate surface area is 117 Å². The molecule has 2 aromatic carbocycles. The van der Waals surface area contributed by atoms with Gasteiger partial charge in [-0.3, -0.25) is 0 Å². The van der Waals surface area contributed by atoms with Crippen LogP contribution in [-0.4, -0.2) is 14.2 Å². The fourth-order valence-corrected chi connectivity index (χ4v) is 2.22. The van der Waals surface area contributed by atoms with Crippen LogP contribution in [0.15, 0.2) is 42.5 Å². The number of hydrogen-bond donors (Lipinski definition) is 1. The molecule has 0 heterocycles. The summed E-state index contributed by atoms with van der Waals surface area (Å²) < 4.78 is 10.5. The molecular weight excluding hydrogens is 262 g/mol. The van der Waals surface area contributed by atoms with Crippen LogP contribution in [0.2, 0.25) is 5.02 Å². The van der Waals surface area contributed by atoms with Gasteiger partial charge in [0, 0.05) is 11.1 Å². The standard InChI is InChI=1S/C15H16ClNO2/c1-18-13-8-11(12(16)9-14(13)19-2)15(17)10-6-4-3-5-7-10/h3-9,15H,17H2,1-2H3. The zero-order valence-electron chi connectivity index (χ0n) is 10.9. The zero-order valence-corrected chi connectivity index (χ0v) is 11.6. The maximum atomic E-state index is 6.27. The molecule has 3 nitrogen and oxygen atoms in total. The van der Waals surface area contributed by atoms with E-state index in [-0.39, 0.29) is 6.04 Å². The first-order chi connectivity index (χ1) is 9.17. The molecular formula is C15H16ClNO2. The Morgan fingerprint density at radius 3 is 2.16 bits per heavy atom. The van der Waals surface area contributed by atoms with Crippen molar-refractivity contribution in [2.75, 3.05) is 14.2 Å². The summed E-state index contributed by atoms with van der Waals surface area (Å²) in [6, 6.07) is 13.0. The molecule has 0 bridgehead atoms. The third-order valence-corrected chi connectivity index (χ3v) is 3.32. The normalized spacial score (nSPS) is 12.0. The number of benzene rings is 2. The molecule has 0 radical (unpaired) electrons. The maximum Gasteiger partial charge on any atom is 0.162 e. The van der Waals surface area contributed by atoms with Crippen LogP contribution in [0.4, 0.5) is 0 Å². The predicted molar refractivity (Wildman–Crippen MR) is 77.0 cm³/mol. The van der Waals surface area contributed by atoms with Crippen molar-refractivity contribution in [2.24, 2.45) is 5.73 Å². The molecule has 100 valence electrons. The Hall–Kier alpha value is -1.71. The summed E-state index contributed by atoms with van der Waals surface area (Å²) in [4.78, 5) is 0. The van der Waals surface area contributed by atoms with Crippen molar-refractivity contribution in [3.05, 3.63) is 58.6 Å². The molecule has 0 aliphatic carbocycles. The number of methoxy groups -OCH3 is 2. The minimum atomic E-state index is -0.298. The van der Waals surface area contributed by atoms with E-state index >= 15 is 0 Å². The van der Waals surface area contributed by atoms with Crippen molar-refractivity contribution in [1.82, 2.24) is 0 Å². The van der Waals surface area contributed by atoms with Gasteiger partial charge in [0.25, 0.3) is 0 Å². The third kappa shape index (κ3) is 2.83. The average molecular weight is 278 g/mol. The lowest BCUT2D eigenvalue weighted by molar-refractivity contribution is 0.354. The van der Waals surface area contributed by atoms with Crippen LogP contribution in [0.3, 0.4) is 0 Å². The van der Waals surface area contributed by atoms with Gasteiger partial charge in [0.2, 0.25) is 0 Å². The van der Waals surface area contributed by atoms with E-state index in [1.54, 1.807) is 20.3 Å². The quantitative estimate of drug-likeness (QED) is 0.931. The first-order valence-electron chi connectivity index (χ1n) is 5.89. The fraction of sp³-hybridized carbons (Fsp3) is 0.200. The Morgan fingerprint density at radius 1 is 1.00 bits per heavy atom. The van der Waals surface area contributed by atoms with Gasteiger partial charge in [-0.15, -0.1) is 0 Å². The Balaban J connectivity index is 2.45. The molecule has 0 saturated heterocycles. The Kier molecular flexibility index (Phi) is 4.30. The van der Waals surface area contributed by atoms with Crippen LogP contribution in [0, 0.1) is 0 Å². The molecule has 0 amide bonds. The van der Waals surface area contributed by atoms with E-state index in [0.717, 1.165) is 11.1 Å². The van der Waals surface area contributed by atoms with Crippen molar-refractivity contribution in [3.63, 3.8) is 0 Å². The summed E-state index contributed by atoms with van der Waals surface area (Å²) in [7, 11) is 3.16. The molecule has 0 saturated carbocycles. The number of halogens is 1. The Bertz CT molecular complexity index is 558. The van der Waals surface area contributed by atoms with Gasteiger partial charge in [0.15, 0.2) is 11.5 Å². The van der Waals surface area contributed by atoms with Crippen LogP contribution in [0.25, 0.3) is 0 Å². The molecule has 2 N–H and O–H groups in total. The second-order valence-corrected chi connectivity index (χ2v) is 4.52. The van der Waals surface area contributed by atoms with Crippen LogP contribution in [0.1, 0.15) is 17.2 Å². The van der Waals surface area contributed by atoms with Crippen molar-refractivity contribution in [2.45, 2.75) is 6.04 Å². The summed E-state index contributed by atoms with van der Waals surface area (Å²) in [5, 5.41) is 0.564. The molecule has 1 unspecified atom stereocenters. The summed E-state index contributed by atoms with van der Waals surface area (Å²) >= 11 is 6.27. The highest BCUT2D eigenvalue weighted by Gasteiger charge is 2.16. The van der Waals surface area contributed by atoms with Gasteiger partial charge in [-0.05, 0) is 17.2 Å². The van der Waals surface area contributed by atoms with Crippen molar-refractivity contribution in [1.29, 1.82) is 0 Å². The molecule has 0 aromatic heterocycles. The SMILES string of the molecule is COc1cc(Cl)c(C(N)c2ccccc2)cc1OC. The first kappa shape index (κ1) is 13.7. The van der Waals surface area contributed by atoms with Gasteiger partial charge in [0.05, 0.1) is 20.3 Å². The topological polar surface area (TPSA) is 44.5 Å². The van der Waals surface area contributed by atoms with Crippen LogP contribution < -0.4 is 15.2 Å². The molecule has 2 aromatic rings. The van der Waals surface area contributed by atoms with E-state index < -0.39 is 0 Å². The lowest BCUT2D eigenvalue weighted by Crippen LogP contribution is -2.12. The van der Waals surface area contributed by atoms with E-state index in [1.165, 1.54) is 0 Å². The molecule has 1 atom stereocenters. The number of nitrogens with two attached hydrogens (primary N) is 1. The zero-order chi connectivity index (χ0) is 13.8. The summed E-state index contributed by atoms with van der Waals surface area (Å²) in [6.07, 6.45) is 0. The van der Waals surface area contributed by atoms with Crippen LogP contribution in [-0.2, 0) is 0 Å². The van der Waals surface area contributed by atoms with Crippen molar-refractivity contribution in [3.8, 4) is 11.5 Å². The molecule has 4 heteroatoms. The minimum absolute atomic E-state index is 0.298. The number of rotatable bonds is 4. The molecule has 19 heavy (non-hydrogen) atoms. The van der Waals surface area contributed by atoms with Crippen molar-refractivity contribution < 1.29 is 9.47 Å². The maximum absolute atomic E-state index is 6.27. The summed E-state index contributed by atoms with van der Waals surface area (Å²) in [5.41, 5.74) is 8.06. The second-order valence-electron chi connectivity index (χ2n) is 4.12. The van der Waals surface area contributed by atoms with E-state index in [0.29, 0.717) is 16.5 Å². The highest BCUT2D eigenvalue weighted by Crippen LogP contribution is 2.36. The fourth-order valence-electron chi connectivity index (χ4n) is 1.95. The molecule has 2 rings (SSSR count). The smallest absolute Gasteiger partial charge is 0.162 e. The summed E-state index contributed by atoms with van der Waals surface area (Å²) in [5.74, 6) is 1.21. The third-order valence-electron chi connectivity index (χ3n) is 3.00. The van der Waals surface area contributed by atoms with E-state index in [1.807, 2.05) is 36.4 Å². The minimum Gasteiger partial charge on any atom is -0.493 e. The second kappa shape index (κ2) is 5.95. The van der Waals surface area contributed by atoms with Crippen molar-refractivity contribution >= 4 is 11.6 Å². The summed E-state index contributed by atoms with van der Waals surface area (Å²) in [6.45, 7) is 0. The number of ether oxygens (including phenoxy) is 2. The largest absolute Gasteiger partial charge is 0.493 e. The van der Waals surface area contributed by atoms with Gasteiger partial charge in [0.1, 0.15) is 0 Å². The molecule has 0 fully saturated rings. The number of hydrogen-bond acceptors (Lipinski definition) is 3. The first-order valence-corrected chi connectivity index (χ1v) is 6.27. The molecule has 0 aliphatic heterocycles. The van der Waals surface area contributed by atoms with E-state index in [9.17, 15) is 0 Å². The lowest BCUT2D eigenvalue weighted by atomic mass is 9.99. The molecule has 0 aliphatic rings. The van der Waals surface area contributed by atoms with E-state index in [4.69, 9.17) is 26.8 Å². The van der Waals surface area contributed by atoms with Crippen LogP contribution in [0.5, 0.6) is 11.5 Å². The van der Waals surface area contributed by atoms with E-state index in [2.05, 4.69) is 0 Å². The Morgan fingerprint density at radius 2 is 1.58 bits per heavy atom. The van der Waals surface area contributed by atoms with Crippen LogP contribution >= 0.6 is 11.6 Å². The van der Waals surface area contributed by atoms with Gasteiger partial charge in [-0.1, -0.05) is 41.9 Å². The average Bonchev–Trinajstić information content (AvgIpc) is 2.47. The highest BCUT2D eigenvalue weighted by atomic mass is 35.5. The molecule has 0 spiro atoms. The lowest BCUT2D eigenvalue weighted by Gasteiger charge is -2.17. The van der Waals surface area contributed by atoms with Gasteiger partial charge < -0.3 is 15.2 Å². The predicted octanol–water partition coefficient (Wildman–Crippen LogP) is 3.41. The van der Waals surface area contributed by atoms with Gasteiger partial charge >= 0.3 is 0 Å². The highest BCUT2D eigenvalue weighted by molar-refractivity contribution is 6.31. The van der Waals surface area contributed by atoms with Gasteiger partial charge in [-0.25, -0.2) is 0 Å².